The van der Waals surface area contributed by atoms with Crippen LogP contribution in [0.15, 0.2) is 42.5 Å². The zero-order valence-electron chi connectivity index (χ0n) is 23.9. The molecule has 2 aromatic carbocycles. The summed E-state index contributed by atoms with van der Waals surface area (Å²) in [6.45, 7) is 10.3. The topological polar surface area (TPSA) is 109 Å². The van der Waals surface area contributed by atoms with Gasteiger partial charge in [-0.1, -0.05) is 11.6 Å². The third-order valence-corrected chi connectivity index (χ3v) is 8.44. The van der Waals surface area contributed by atoms with Crippen LogP contribution in [0.5, 0.6) is 5.75 Å². The standard InChI is InChI=1S/C31H37ClN6O4/c1-40-14-10-36-6-8-37(9-7-36)11-17-42-28-5-2-21(18-25(28)32)26-20-24(31(33)39)30-29(34-26)23-4-3-22(19-27(23)35-30)38-12-15-41-16-13-38/h2-5,18-20,35H,6-17H2,1H3,(H2,33,39). The van der Waals surface area contributed by atoms with Crippen molar-refractivity contribution < 1.29 is 19.0 Å². The number of nitrogens with two attached hydrogens (primary N) is 1. The Hall–Kier alpha value is -3.41. The molecule has 42 heavy (non-hydrogen) atoms. The molecule has 2 aliphatic heterocycles. The maximum absolute atomic E-state index is 12.5. The largest absolute Gasteiger partial charge is 0.491 e. The molecular formula is C31H37ClN6O4. The molecule has 0 radical (unpaired) electrons. The van der Waals surface area contributed by atoms with Gasteiger partial charge in [-0.3, -0.25) is 14.6 Å². The molecule has 0 bridgehead atoms. The number of hydrogen-bond acceptors (Lipinski definition) is 8. The van der Waals surface area contributed by atoms with Gasteiger partial charge in [0.25, 0.3) is 5.91 Å². The predicted octanol–water partition coefficient (Wildman–Crippen LogP) is 3.61. The highest BCUT2D eigenvalue weighted by atomic mass is 35.5. The van der Waals surface area contributed by atoms with Crippen molar-refractivity contribution in [3.63, 3.8) is 0 Å². The number of aromatic amines is 1. The molecule has 222 valence electrons. The number of anilines is 1. The number of aromatic nitrogens is 2. The summed E-state index contributed by atoms with van der Waals surface area (Å²) in [5.41, 5.74) is 10.9. The number of rotatable bonds is 10. The molecule has 0 unspecified atom stereocenters. The lowest BCUT2D eigenvalue weighted by Crippen LogP contribution is -2.48. The van der Waals surface area contributed by atoms with E-state index in [1.807, 2.05) is 24.3 Å². The van der Waals surface area contributed by atoms with Crippen LogP contribution in [0.3, 0.4) is 0 Å². The van der Waals surface area contributed by atoms with E-state index in [9.17, 15) is 4.79 Å². The Morgan fingerprint density at radius 3 is 2.43 bits per heavy atom. The number of methoxy groups -OCH3 is 1. The van der Waals surface area contributed by atoms with Gasteiger partial charge in [-0.05, 0) is 42.5 Å². The van der Waals surface area contributed by atoms with Gasteiger partial charge in [-0.15, -0.1) is 0 Å². The minimum Gasteiger partial charge on any atom is -0.491 e. The van der Waals surface area contributed by atoms with E-state index in [-0.39, 0.29) is 0 Å². The number of morpholine rings is 1. The average Bonchev–Trinajstić information content (AvgIpc) is 3.39. The first-order valence-electron chi connectivity index (χ1n) is 14.5. The number of carbonyl (C=O) groups is 1. The predicted molar refractivity (Wildman–Crippen MR) is 166 cm³/mol. The molecule has 2 aromatic heterocycles. The number of primary amides is 1. The smallest absolute Gasteiger partial charge is 0.250 e. The maximum Gasteiger partial charge on any atom is 0.250 e. The van der Waals surface area contributed by atoms with Gasteiger partial charge in [-0.2, -0.15) is 0 Å². The van der Waals surface area contributed by atoms with Crippen molar-refractivity contribution in [3.05, 3.63) is 53.1 Å². The molecule has 2 fully saturated rings. The van der Waals surface area contributed by atoms with Crippen LogP contribution in [0.4, 0.5) is 5.69 Å². The van der Waals surface area contributed by atoms with Crippen LogP contribution in [-0.4, -0.2) is 112 Å². The highest BCUT2D eigenvalue weighted by Gasteiger charge is 2.20. The van der Waals surface area contributed by atoms with E-state index in [1.54, 1.807) is 13.2 Å². The summed E-state index contributed by atoms with van der Waals surface area (Å²) in [6, 6.07) is 13.6. The first kappa shape index (κ1) is 28.7. The number of amides is 1. The molecule has 10 nitrogen and oxygen atoms in total. The van der Waals surface area contributed by atoms with Gasteiger partial charge >= 0.3 is 0 Å². The van der Waals surface area contributed by atoms with Crippen LogP contribution in [0.25, 0.3) is 33.2 Å². The maximum atomic E-state index is 12.5. The number of piperazine rings is 1. The number of halogens is 1. The second-order valence-corrected chi connectivity index (χ2v) is 11.2. The molecule has 0 atom stereocenters. The Balaban J connectivity index is 1.18. The van der Waals surface area contributed by atoms with Gasteiger partial charge in [0.1, 0.15) is 12.4 Å². The SMILES string of the molecule is COCCN1CCN(CCOc2ccc(-c3cc(C(N)=O)c4[nH]c5cc(N6CCOCC6)ccc5c4n3)cc2Cl)CC1. The highest BCUT2D eigenvalue weighted by molar-refractivity contribution is 6.32. The second kappa shape index (κ2) is 12.8. The fourth-order valence-corrected chi connectivity index (χ4v) is 5.96. The second-order valence-electron chi connectivity index (χ2n) is 10.8. The molecule has 4 heterocycles. The number of benzene rings is 2. The lowest BCUT2D eigenvalue weighted by Gasteiger charge is -2.34. The van der Waals surface area contributed by atoms with Crippen LogP contribution >= 0.6 is 11.6 Å². The average molecular weight is 593 g/mol. The fraction of sp³-hybridized carbons (Fsp3) is 0.419. The molecule has 0 aliphatic carbocycles. The normalized spacial score (nSPS) is 16.9. The molecule has 2 saturated heterocycles. The summed E-state index contributed by atoms with van der Waals surface area (Å²) in [5.74, 6) is 0.104. The molecule has 6 rings (SSSR count). The van der Waals surface area contributed by atoms with Crippen molar-refractivity contribution >= 4 is 45.1 Å². The first-order valence-corrected chi connectivity index (χ1v) is 14.8. The molecule has 0 spiro atoms. The van der Waals surface area contributed by atoms with Crippen molar-refractivity contribution in [2.24, 2.45) is 5.73 Å². The van der Waals surface area contributed by atoms with Crippen LogP contribution in [0, 0.1) is 0 Å². The van der Waals surface area contributed by atoms with Gasteiger partial charge < -0.3 is 29.8 Å². The zero-order valence-corrected chi connectivity index (χ0v) is 24.7. The molecule has 0 saturated carbocycles. The number of H-pyrrole nitrogens is 1. The molecule has 11 heteroatoms. The molecular weight excluding hydrogens is 556 g/mol. The van der Waals surface area contributed by atoms with E-state index < -0.39 is 5.91 Å². The third-order valence-electron chi connectivity index (χ3n) is 8.15. The van der Waals surface area contributed by atoms with Crippen molar-refractivity contribution in [1.29, 1.82) is 0 Å². The van der Waals surface area contributed by atoms with Crippen LogP contribution in [0.1, 0.15) is 10.4 Å². The monoisotopic (exact) mass is 592 g/mol. The summed E-state index contributed by atoms with van der Waals surface area (Å²) in [6.07, 6.45) is 0. The molecule has 2 aliphatic rings. The Kier molecular flexibility index (Phi) is 8.78. The van der Waals surface area contributed by atoms with Gasteiger partial charge in [0, 0.05) is 76.1 Å². The summed E-state index contributed by atoms with van der Waals surface area (Å²) in [7, 11) is 1.74. The van der Waals surface area contributed by atoms with Crippen LogP contribution in [-0.2, 0) is 9.47 Å². The first-order chi connectivity index (χ1) is 20.5. The molecule has 4 aromatic rings. The zero-order chi connectivity index (χ0) is 29.1. The lowest BCUT2D eigenvalue weighted by molar-refractivity contribution is 0.0894. The van der Waals surface area contributed by atoms with E-state index in [1.165, 1.54) is 0 Å². The fourth-order valence-electron chi connectivity index (χ4n) is 5.72. The van der Waals surface area contributed by atoms with E-state index in [0.717, 1.165) is 81.1 Å². The van der Waals surface area contributed by atoms with Crippen molar-refractivity contribution in [1.82, 2.24) is 19.8 Å². The summed E-state index contributed by atoms with van der Waals surface area (Å²) < 4.78 is 16.7. The van der Waals surface area contributed by atoms with Gasteiger partial charge in [0.15, 0.2) is 0 Å². The van der Waals surface area contributed by atoms with Gasteiger partial charge in [-0.25, -0.2) is 4.98 Å². The summed E-state index contributed by atoms with van der Waals surface area (Å²) in [5, 5.41) is 1.42. The Morgan fingerprint density at radius 2 is 1.74 bits per heavy atom. The lowest BCUT2D eigenvalue weighted by atomic mass is 10.1. The Labute approximate surface area is 250 Å². The Morgan fingerprint density at radius 1 is 1.00 bits per heavy atom. The third kappa shape index (κ3) is 6.18. The number of nitrogens with zero attached hydrogens (tertiary/aromatic N) is 4. The van der Waals surface area contributed by atoms with Gasteiger partial charge in [0.2, 0.25) is 0 Å². The van der Waals surface area contributed by atoms with Crippen molar-refractivity contribution in [3.8, 4) is 17.0 Å². The van der Waals surface area contributed by atoms with E-state index >= 15 is 0 Å². The van der Waals surface area contributed by atoms with E-state index in [0.29, 0.717) is 52.9 Å². The number of ether oxygens (including phenoxy) is 3. The van der Waals surface area contributed by atoms with Crippen LogP contribution in [0.2, 0.25) is 5.02 Å². The van der Waals surface area contributed by atoms with Gasteiger partial charge in [0.05, 0.1) is 52.7 Å². The molecule has 3 N–H and O–H groups in total. The summed E-state index contributed by atoms with van der Waals surface area (Å²) in [4.78, 5) is 28.0. The number of pyridine rings is 1. The number of carbonyl (C=O) groups excluding carboxylic acids is 1. The minimum absolute atomic E-state index is 0.387. The van der Waals surface area contributed by atoms with Crippen molar-refractivity contribution in [2.75, 3.05) is 90.8 Å². The number of hydrogen-bond donors (Lipinski definition) is 2. The van der Waals surface area contributed by atoms with E-state index in [2.05, 4.69) is 31.8 Å². The Bertz CT molecular complexity index is 1560. The quantitative estimate of drug-likeness (QED) is 0.287. The minimum atomic E-state index is -0.519. The van der Waals surface area contributed by atoms with E-state index in [4.69, 9.17) is 36.5 Å². The molecule has 1 amide bonds. The van der Waals surface area contributed by atoms with Crippen molar-refractivity contribution in [2.45, 2.75) is 0 Å². The summed E-state index contributed by atoms with van der Waals surface area (Å²) >= 11 is 6.66. The number of nitrogens with one attached hydrogen (secondary N) is 1. The number of fused-ring (bicyclic) bond motifs is 3. The van der Waals surface area contributed by atoms with Crippen LogP contribution < -0.4 is 15.4 Å². The highest BCUT2D eigenvalue weighted by Crippen LogP contribution is 2.34.